The molecule has 162 valence electrons. The second kappa shape index (κ2) is 10.6. The first-order valence-corrected chi connectivity index (χ1v) is 11.6. The van der Waals surface area contributed by atoms with Crippen LogP contribution in [0, 0.1) is 6.92 Å². The molecule has 3 rings (SSSR count). The molecule has 0 bridgehead atoms. The smallest absolute Gasteiger partial charge is 0.266 e. The van der Waals surface area contributed by atoms with Crippen LogP contribution in [0.15, 0.2) is 56.8 Å². The molecule has 0 saturated carbocycles. The van der Waals surface area contributed by atoms with E-state index in [0.29, 0.717) is 28.2 Å². The lowest BCUT2D eigenvalue weighted by molar-refractivity contribution is -0.122. The second-order valence-electron chi connectivity index (χ2n) is 6.81. The van der Waals surface area contributed by atoms with Gasteiger partial charge in [-0.25, -0.2) is 0 Å². The van der Waals surface area contributed by atoms with Gasteiger partial charge in [0.1, 0.15) is 5.75 Å². The highest BCUT2D eigenvalue weighted by Crippen LogP contribution is 2.34. The lowest BCUT2D eigenvalue weighted by atomic mass is 10.2. The summed E-state index contributed by atoms with van der Waals surface area (Å²) in [5, 5.41) is 3.54. The Kier molecular flexibility index (Phi) is 7.92. The SMILES string of the molecule is CCN=C1S/C(=C\c2ccc(OCC(=O)Nc3ccc(C)cc3)c(Br)c2)C(=O)N1CC. The molecular formula is C23H24BrN3O3S. The van der Waals surface area contributed by atoms with Crippen LogP contribution < -0.4 is 10.1 Å². The van der Waals surface area contributed by atoms with Crippen molar-refractivity contribution in [2.24, 2.45) is 4.99 Å². The topological polar surface area (TPSA) is 71.0 Å². The average Bonchev–Trinajstić information content (AvgIpc) is 3.03. The number of nitrogens with one attached hydrogen (secondary N) is 1. The summed E-state index contributed by atoms with van der Waals surface area (Å²) in [4.78, 5) is 31.5. The first-order chi connectivity index (χ1) is 14.9. The monoisotopic (exact) mass is 501 g/mol. The number of amidine groups is 1. The summed E-state index contributed by atoms with van der Waals surface area (Å²) in [5.74, 6) is 0.274. The number of carbonyl (C=O) groups is 2. The minimum atomic E-state index is -0.239. The van der Waals surface area contributed by atoms with E-state index in [1.165, 1.54) is 11.8 Å². The molecule has 8 heteroatoms. The standard InChI is InChI=1S/C23H24BrN3O3S/c1-4-25-23-27(5-2)22(29)20(31-23)13-16-8-11-19(18(24)12-16)30-14-21(28)26-17-9-6-15(3)7-10-17/h6-13H,4-5,14H2,1-3H3,(H,26,28)/b20-13-,25-23?. The molecule has 2 amide bonds. The van der Waals surface area contributed by atoms with Gasteiger partial charge >= 0.3 is 0 Å². The second-order valence-corrected chi connectivity index (χ2v) is 8.67. The third-order valence-corrected chi connectivity index (χ3v) is 6.11. The van der Waals surface area contributed by atoms with E-state index in [4.69, 9.17) is 4.74 Å². The maximum atomic E-state index is 12.6. The number of aliphatic imine (C=N–C) groups is 1. The van der Waals surface area contributed by atoms with Gasteiger partial charge < -0.3 is 10.1 Å². The van der Waals surface area contributed by atoms with Crippen molar-refractivity contribution in [3.8, 4) is 5.75 Å². The van der Waals surface area contributed by atoms with Crippen molar-refractivity contribution in [3.05, 3.63) is 63.0 Å². The van der Waals surface area contributed by atoms with Gasteiger partial charge in [-0.05, 0) is 84.4 Å². The van der Waals surface area contributed by atoms with Crippen LogP contribution in [0.1, 0.15) is 25.0 Å². The number of aryl methyl sites for hydroxylation is 1. The van der Waals surface area contributed by atoms with Crippen molar-refractivity contribution in [1.82, 2.24) is 4.90 Å². The van der Waals surface area contributed by atoms with Crippen molar-refractivity contribution in [2.45, 2.75) is 20.8 Å². The van der Waals surface area contributed by atoms with Gasteiger partial charge in [-0.2, -0.15) is 0 Å². The van der Waals surface area contributed by atoms with Crippen LogP contribution >= 0.6 is 27.7 Å². The molecule has 2 aromatic rings. The summed E-state index contributed by atoms with van der Waals surface area (Å²) in [6.07, 6.45) is 1.84. The fourth-order valence-electron chi connectivity index (χ4n) is 2.89. The summed E-state index contributed by atoms with van der Waals surface area (Å²) < 4.78 is 6.35. The molecule has 0 unspecified atom stereocenters. The Labute approximate surface area is 194 Å². The highest BCUT2D eigenvalue weighted by molar-refractivity contribution is 9.10. The van der Waals surface area contributed by atoms with E-state index in [9.17, 15) is 9.59 Å². The third-order valence-electron chi connectivity index (χ3n) is 4.45. The van der Waals surface area contributed by atoms with Crippen molar-refractivity contribution < 1.29 is 14.3 Å². The number of hydrogen-bond donors (Lipinski definition) is 1. The number of nitrogens with zero attached hydrogens (tertiary/aromatic N) is 2. The molecule has 2 aromatic carbocycles. The van der Waals surface area contributed by atoms with E-state index in [1.54, 1.807) is 11.0 Å². The molecule has 0 spiro atoms. The Morgan fingerprint density at radius 1 is 1.23 bits per heavy atom. The maximum Gasteiger partial charge on any atom is 0.266 e. The molecule has 1 aliphatic heterocycles. The highest BCUT2D eigenvalue weighted by Gasteiger charge is 2.31. The van der Waals surface area contributed by atoms with Crippen LogP contribution in [0.5, 0.6) is 5.75 Å². The summed E-state index contributed by atoms with van der Waals surface area (Å²) in [6, 6.07) is 13.1. The number of carbonyl (C=O) groups excluding carboxylic acids is 2. The average molecular weight is 502 g/mol. The van der Waals surface area contributed by atoms with Crippen molar-refractivity contribution in [3.63, 3.8) is 0 Å². The predicted molar refractivity (Wildman–Crippen MR) is 130 cm³/mol. The predicted octanol–water partition coefficient (Wildman–Crippen LogP) is 5.09. The maximum absolute atomic E-state index is 12.6. The minimum absolute atomic E-state index is 0.0380. The van der Waals surface area contributed by atoms with E-state index in [-0.39, 0.29) is 18.4 Å². The van der Waals surface area contributed by atoms with Gasteiger partial charge in [-0.15, -0.1) is 0 Å². The van der Waals surface area contributed by atoms with Crippen molar-refractivity contribution >= 4 is 56.4 Å². The van der Waals surface area contributed by atoms with E-state index >= 15 is 0 Å². The van der Waals surface area contributed by atoms with Crippen LogP contribution in [0.2, 0.25) is 0 Å². The van der Waals surface area contributed by atoms with Gasteiger partial charge in [-0.1, -0.05) is 23.8 Å². The Bertz CT molecular complexity index is 1030. The van der Waals surface area contributed by atoms with Crippen LogP contribution in [-0.4, -0.2) is 41.6 Å². The van der Waals surface area contributed by atoms with Crippen LogP contribution in [-0.2, 0) is 9.59 Å². The van der Waals surface area contributed by atoms with Gasteiger partial charge in [-0.3, -0.25) is 19.5 Å². The zero-order valence-electron chi connectivity index (χ0n) is 17.6. The molecule has 0 atom stereocenters. The first-order valence-electron chi connectivity index (χ1n) is 9.96. The molecule has 1 fully saturated rings. The highest BCUT2D eigenvalue weighted by atomic mass is 79.9. The number of ether oxygens (including phenoxy) is 1. The minimum Gasteiger partial charge on any atom is -0.483 e. The van der Waals surface area contributed by atoms with Crippen LogP contribution in [0.3, 0.4) is 0 Å². The van der Waals surface area contributed by atoms with Gasteiger partial charge in [0, 0.05) is 18.8 Å². The molecule has 31 heavy (non-hydrogen) atoms. The summed E-state index contributed by atoms with van der Waals surface area (Å²) in [6.45, 7) is 6.99. The molecular weight excluding hydrogens is 478 g/mol. The third kappa shape index (κ3) is 5.98. The summed E-state index contributed by atoms with van der Waals surface area (Å²) in [5.41, 5.74) is 2.71. The largest absolute Gasteiger partial charge is 0.483 e. The van der Waals surface area contributed by atoms with E-state index in [2.05, 4.69) is 26.2 Å². The number of likely N-dealkylation sites (N-methyl/N-ethyl adjacent to an activating group) is 1. The first kappa shape index (κ1) is 23.1. The number of thioether (sulfide) groups is 1. The van der Waals surface area contributed by atoms with E-state index in [0.717, 1.165) is 22.0 Å². The molecule has 1 saturated heterocycles. The van der Waals surface area contributed by atoms with Gasteiger partial charge in [0.25, 0.3) is 11.8 Å². The Morgan fingerprint density at radius 2 is 1.97 bits per heavy atom. The number of anilines is 1. The summed E-state index contributed by atoms with van der Waals surface area (Å²) >= 11 is 4.87. The van der Waals surface area contributed by atoms with Gasteiger partial charge in [0.05, 0.1) is 9.38 Å². The number of hydrogen-bond acceptors (Lipinski definition) is 5. The molecule has 1 N–H and O–H groups in total. The number of rotatable bonds is 7. The molecule has 0 radical (unpaired) electrons. The molecule has 0 aromatic heterocycles. The molecule has 0 aliphatic carbocycles. The molecule has 1 aliphatic rings. The lowest BCUT2D eigenvalue weighted by Crippen LogP contribution is -2.28. The van der Waals surface area contributed by atoms with Crippen molar-refractivity contribution in [2.75, 3.05) is 25.0 Å². The molecule has 1 heterocycles. The quantitative estimate of drug-likeness (QED) is 0.536. The fourth-order valence-corrected chi connectivity index (χ4v) is 4.51. The van der Waals surface area contributed by atoms with Crippen LogP contribution in [0.25, 0.3) is 6.08 Å². The zero-order valence-corrected chi connectivity index (χ0v) is 20.0. The Hall–Kier alpha value is -2.58. The number of halogens is 1. The lowest BCUT2D eigenvalue weighted by Gasteiger charge is -2.11. The van der Waals surface area contributed by atoms with Crippen molar-refractivity contribution in [1.29, 1.82) is 0 Å². The number of benzene rings is 2. The van der Waals surface area contributed by atoms with E-state index < -0.39 is 0 Å². The van der Waals surface area contributed by atoms with Crippen LogP contribution in [0.4, 0.5) is 5.69 Å². The Morgan fingerprint density at radius 3 is 2.61 bits per heavy atom. The fraction of sp³-hybridized carbons (Fsp3) is 0.261. The van der Waals surface area contributed by atoms with Gasteiger partial charge in [0.15, 0.2) is 11.8 Å². The summed E-state index contributed by atoms with van der Waals surface area (Å²) in [7, 11) is 0. The number of amides is 2. The van der Waals surface area contributed by atoms with Gasteiger partial charge in [0.2, 0.25) is 0 Å². The normalized spacial score (nSPS) is 16.3. The molecule has 6 nitrogen and oxygen atoms in total. The van der Waals surface area contributed by atoms with E-state index in [1.807, 2.05) is 63.2 Å². The zero-order chi connectivity index (χ0) is 22.4. The Balaban J connectivity index is 1.64.